The van der Waals surface area contributed by atoms with Gasteiger partial charge in [0.15, 0.2) is 0 Å². The summed E-state index contributed by atoms with van der Waals surface area (Å²) in [6, 6.07) is 9.22. The highest BCUT2D eigenvalue weighted by Gasteiger charge is 2.13. The van der Waals surface area contributed by atoms with Crippen molar-refractivity contribution in [3.63, 3.8) is 0 Å². The van der Waals surface area contributed by atoms with Gasteiger partial charge in [-0.15, -0.1) is 0 Å². The van der Waals surface area contributed by atoms with Crippen molar-refractivity contribution in [2.45, 2.75) is 38.3 Å². The van der Waals surface area contributed by atoms with Crippen LogP contribution in [0.1, 0.15) is 31.2 Å². The van der Waals surface area contributed by atoms with Gasteiger partial charge in [0.2, 0.25) is 0 Å². The van der Waals surface area contributed by atoms with E-state index in [0.717, 1.165) is 12.6 Å². The molecule has 2 rings (SSSR count). The standard InChI is InChI=1S/C15H23BrN2/c1-18(11-9-14-7-4-5-10-17-14)12-13-6-2-3-8-15(13)16/h2-3,6,8,14,17H,4-5,7,9-12H2,1H3. The zero-order valence-electron chi connectivity index (χ0n) is 11.2. The van der Waals surface area contributed by atoms with Crippen molar-refractivity contribution in [1.82, 2.24) is 10.2 Å². The molecule has 1 saturated heterocycles. The first kappa shape index (κ1) is 14.0. The molecule has 1 unspecified atom stereocenters. The van der Waals surface area contributed by atoms with Gasteiger partial charge in [-0.3, -0.25) is 0 Å². The fourth-order valence-corrected chi connectivity index (χ4v) is 2.95. The summed E-state index contributed by atoms with van der Waals surface area (Å²) < 4.78 is 1.22. The van der Waals surface area contributed by atoms with Crippen molar-refractivity contribution in [2.75, 3.05) is 20.1 Å². The van der Waals surface area contributed by atoms with Gasteiger partial charge in [0.05, 0.1) is 0 Å². The molecule has 0 amide bonds. The van der Waals surface area contributed by atoms with Crippen LogP contribution in [0.4, 0.5) is 0 Å². The second kappa shape index (κ2) is 7.27. The third-order valence-electron chi connectivity index (χ3n) is 3.67. The van der Waals surface area contributed by atoms with Crippen molar-refractivity contribution >= 4 is 15.9 Å². The lowest BCUT2D eigenvalue weighted by atomic mass is 10.0. The predicted octanol–water partition coefficient (Wildman–Crippen LogP) is 3.41. The van der Waals surface area contributed by atoms with E-state index >= 15 is 0 Å². The first-order valence-corrected chi connectivity index (χ1v) is 7.70. The molecule has 100 valence electrons. The highest BCUT2D eigenvalue weighted by atomic mass is 79.9. The van der Waals surface area contributed by atoms with Crippen LogP contribution in [0.25, 0.3) is 0 Å². The monoisotopic (exact) mass is 310 g/mol. The van der Waals surface area contributed by atoms with E-state index in [2.05, 4.69) is 57.5 Å². The Balaban J connectivity index is 1.74. The van der Waals surface area contributed by atoms with Gasteiger partial charge >= 0.3 is 0 Å². The number of benzene rings is 1. The normalized spacial score (nSPS) is 20.3. The van der Waals surface area contributed by atoms with Gasteiger partial charge in [0.25, 0.3) is 0 Å². The van der Waals surface area contributed by atoms with E-state index in [4.69, 9.17) is 0 Å². The molecule has 3 heteroatoms. The van der Waals surface area contributed by atoms with Crippen LogP contribution < -0.4 is 5.32 Å². The molecule has 1 aliphatic rings. The molecular formula is C15H23BrN2. The molecule has 1 atom stereocenters. The molecule has 1 fully saturated rings. The van der Waals surface area contributed by atoms with Crippen LogP contribution in [0, 0.1) is 0 Å². The average Bonchev–Trinajstić information content (AvgIpc) is 2.40. The number of nitrogens with one attached hydrogen (secondary N) is 1. The summed E-state index contributed by atoms with van der Waals surface area (Å²) in [7, 11) is 2.21. The average molecular weight is 311 g/mol. The van der Waals surface area contributed by atoms with Crippen LogP contribution in [-0.4, -0.2) is 31.1 Å². The Morgan fingerprint density at radius 2 is 2.17 bits per heavy atom. The van der Waals surface area contributed by atoms with Crippen molar-refractivity contribution in [2.24, 2.45) is 0 Å². The molecule has 0 radical (unpaired) electrons. The smallest absolute Gasteiger partial charge is 0.0241 e. The largest absolute Gasteiger partial charge is 0.314 e. The summed E-state index contributed by atoms with van der Waals surface area (Å²) >= 11 is 3.61. The summed E-state index contributed by atoms with van der Waals surface area (Å²) in [5, 5.41) is 3.61. The minimum Gasteiger partial charge on any atom is -0.314 e. The fourth-order valence-electron chi connectivity index (χ4n) is 2.54. The van der Waals surface area contributed by atoms with Crippen molar-refractivity contribution < 1.29 is 0 Å². The molecule has 1 aromatic carbocycles. The van der Waals surface area contributed by atoms with Gasteiger partial charge in [-0.2, -0.15) is 0 Å². The van der Waals surface area contributed by atoms with E-state index in [1.165, 1.54) is 48.8 Å². The third kappa shape index (κ3) is 4.38. The first-order valence-electron chi connectivity index (χ1n) is 6.91. The molecule has 1 N–H and O–H groups in total. The maximum atomic E-state index is 3.61. The maximum absolute atomic E-state index is 3.61. The Bertz CT molecular complexity index is 361. The van der Waals surface area contributed by atoms with Gasteiger partial charge in [0, 0.05) is 17.1 Å². The van der Waals surface area contributed by atoms with E-state index in [0.29, 0.717) is 0 Å². The topological polar surface area (TPSA) is 15.3 Å². The van der Waals surface area contributed by atoms with Gasteiger partial charge in [-0.1, -0.05) is 40.5 Å². The fraction of sp³-hybridized carbons (Fsp3) is 0.600. The summed E-state index contributed by atoms with van der Waals surface area (Å²) in [5.74, 6) is 0. The Hall–Kier alpha value is -0.380. The number of nitrogens with zero attached hydrogens (tertiary/aromatic N) is 1. The lowest BCUT2D eigenvalue weighted by molar-refractivity contribution is 0.281. The summed E-state index contributed by atoms with van der Waals surface area (Å²) in [4.78, 5) is 2.41. The van der Waals surface area contributed by atoms with Crippen LogP contribution in [0.15, 0.2) is 28.7 Å². The van der Waals surface area contributed by atoms with Crippen molar-refractivity contribution in [3.8, 4) is 0 Å². The number of rotatable bonds is 5. The molecule has 0 aliphatic carbocycles. The maximum Gasteiger partial charge on any atom is 0.0241 e. The van der Waals surface area contributed by atoms with Gasteiger partial charge in [-0.25, -0.2) is 0 Å². The highest BCUT2D eigenvalue weighted by molar-refractivity contribution is 9.10. The van der Waals surface area contributed by atoms with E-state index in [-0.39, 0.29) is 0 Å². The van der Waals surface area contributed by atoms with E-state index in [1.54, 1.807) is 0 Å². The number of hydrogen-bond donors (Lipinski definition) is 1. The number of piperidine rings is 1. The minimum absolute atomic E-state index is 0.736. The lowest BCUT2D eigenvalue weighted by Gasteiger charge is -2.26. The Kier molecular flexibility index (Phi) is 5.67. The summed E-state index contributed by atoms with van der Waals surface area (Å²) in [6.45, 7) is 3.39. The molecule has 0 bridgehead atoms. The Morgan fingerprint density at radius 1 is 1.33 bits per heavy atom. The quantitative estimate of drug-likeness (QED) is 0.896. The zero-order valence-corrected chi connectivity index (χ0v) is 12.7. The molecular weight excluding hydrogens is 288 g/mol. The molecule has 0 aromatic heterocycles. The van der Waals surface area contributed by atoms with E-state index < -0.39 is 0 Å². The van der Waals surface area contributed by atoms with Crippen LogP contribution in [0.5, 0.6) is 0 Å². The molecule has 1 aliphatic heterocycles. The minimum atomic E-state index is 0.736. The van der Waals surface area contributed by atoms with Gasteiger partial charge < -0.3 is 10.2 Å². The number of halogens is 1. The Labute approximate surface area is 119 Å². The van der Waals surface area contributed by atoms with Crippen molar-refractivity contribution in [1.29, 1.82) is 0 Å². The Morgan fingerprint density at radius 3 is 2.89 bits per heavy atom. The molecule has 1 aromatic rings. The summed E-state index contributed by atoms with van der Waals surface area (Å²) in [5.41, 5.74) is 1.37. The van der Waals surface area contributed by atoms with Gasteiger partial charge in [0.1, 0.15) is 0 Å². The van der Waals surface area contributed by atoms with Gasteiger partial charge in [-0.05, 0) is 51.0 Å². The summed E-state index contributed by atoms with van der Waals surface area (Å²) in [6.07, 6.45) is 5.36. The second-order valence-electron chi connectivity index (χ2n) is 5.26. The molecule has 0 spiro atoms. The molecule has 1 heterocycles. The van der Waals surface area contributed by atoms with Crippen LogP contribution in [0.2, 0.25) is 0 Å². The predicted molar refractivity (Wildman–Crippen MR) is 80.7 cm³/mol. The number of hydrogen-bond acceptors (Lipinski definition) is 2. The van der Waals surface area contributed by atoms with E-state index in [1.807, 2.05) is 0 Å². The lowest BCUT2D eigenvalue weighted by Crippen LogP contribution is -2.36. The second-order valence-corrected chi connectivity index (χ2v) is 6.12. The molecule has 2 nitrogen and oxygen atoms in total. The SMILES string of the molecule is CN(CCC1CCCCN1)Cc1ccccc1Br. The van der Waals surface area contributed by atoms with Crippen LogP contribution >= 0.6 is 15.9 Å². The molecule has 18 heavy (non-hydrogen) atoms. The van der Waals surface area contributed by atoms with Crippen molar-refractivity contribution in [3.05, 3.63) is 34.3 Å². The first-order chi connectivity index (χ1) is 8.75. The van der Waals surface area contributed by atoms with E-state index in [9.17, 15) is 0 Å². The van der Waals surface area contributed by atoms with Crippen LogP contribution in [-0.2, 0) is 6.54 Å². The highest BCUT2D eigenvalue weighted by Crippen LogP contribution is 2.18. The van der Waals surface area contributed by atoms with Crippen LogP contribution in [0.3, 0.4) is 0 Å². The third-order valence-corrected chi connectivity index (χ3v) is 4.44. The zero-order chi connectivity index (χ0) is 12.8. The molecule has 0 saturated carbocycles.